The Morgan fingerprint density at radius 3 is 2.70 bits per heavy atom. The van der Waals surface area contributed by atoms with E-state index in [-0.39, 0.29) is 0 Å². The van der Waals surface area contributed by atoms with Crippen molar-refractivity contribution < 1.29 is 8.42 Å². The first-order valence-electron chi connectivity index (χ1n) is 7.80. The standard InChI is InChI=1S/C14H31N3O2S/c1-5-8-15-10-14-7-6-9-17(12-14)20(18,19)16(4)11-13(2)3/h13-15H,5-12H2,1-4H3. The van der Waals surface area contributed by atoms with E-state index in [1.807, 2.05) is 13.8 Å². The van der Waals surface area contributed by atoms with Crippen LogP contribution in [0.5, 0.6) is 0 Å². The summed E-state index contributed by atoms with van der Waals surface area (Å²) in [6.45, 7) is 10.1. The highest BCUT2D eigenvalue weighted by atomic mass is 32.2. The van der Waals surface area contributed by atoms with E-state index in [1.165, 1.54) is 4.31 Å². The van der Waals surface area contributed by atoms with Gasteiger partial charge in [0.2, 0.25) is 0 Å². The number of rotatable bonds is 8. The summed E-state index contributed by atoms with van der Waals surface area (Å²) in [5.41, 5.74) is 0. The van der Waals surface area contributed by atoms with E-state index in [0.717, 1.165) is 32.4 Å². The molecule has 6 heteroatoms. The van der Waals surface area contributed by atoms with Gasteiger partial charge in [0.15, 0.2) is 0 Å². The van der Waals surface area contributed by atoms with Crippen molar-refractivity contribution >= 4 is 10.2 Å². The van der Waals surface area contributed by atoms with Crippen LogP contribution in [0.3, 0.4) is 0 Å². The van der Waals surface area contributed by atoms with Crippen molar-refractivity contribution in [1.82, 2.24) is 13.9 Å². The molecule has 120 valence electrons. The molecule has 0 aromatic carbocycles. The predicted octanol–water partition coefficient (Wildman–Crippen LogP) is 1.53. The van der Waals surface area contributed by atoms with Gasteiger partial charge in [0.05, 0.1) is 0 Å². The van der Waals surface area contributed by atoms with Crippen molar-refractivity contribution in [3.63, 3.8) is 0 Å². The first-order valence-corrected chi connectivity index (χ1v) is 9.19. The first-order chi connectivity index (χ1) is 9.37. The molecule has 20 heavy (non-hydrogen) atoms. The first kappa shape index (κ1) is 17.9. The molecule has 0 saturated carbocycles. The highest BCUT2D eigenvalue weighted by Crippen LogP contribution is 2.20. The van der Waals surface area contributed by atoms with Gasteiger partial charge >= 0.3 is 0 Å². The van der Waals surface area contributed by atoms with Crippen LogP contribution in [0.4, 0.5) is 0 Å². The van der Waals surface area contributed by atoms with E-state index < -0.39 is 10.2 Å². The fraction of sp³-hybridized carbons (Fsp3) is 1.00. The van der Waals surface area contributed by atoms with Crippen molar-refractivity contribution in [3.8, 4) is 0 Å². The third-order valence-corrected chi connectivity index (χ3v) is 5.60. The topological polar surface area (TPSA) is 52.7 Å². The van der Waals surface area contributed by atoms with Crippen LogP contribution in [0.25, 0.3) is 0 Å². The quantitative estimate of drug-likeness (QED) is 0.692. The summed E-state index contributed by atoms with van der Waals surface area (Å²) < 4.78 is 28.2. The Bertz CT molecular complexity index is 371. The molecule has 1 aliphatic rings. The van der Waals surface area contributed by atoms with Gasteiger partial charge in [-0.1, -0.05) is 20.8 Å². The van der Waals surface area contributed by atoms with Crippen LogP contribution in [0, 0.1) is 11.8 Å². The summed E-state index contributed by atoms with van der Waals surface area (Å²) in [4.78, 5) is 0. The molecular weight excluding hydrogens is 274 g/mol. The van der Waals surface area contributed by atoms with Gasteiger partial charge in [-0.3, -0.25) is 0 Å². The minimum absolute atomic E-state index is 0.349. The molecule has 1 fully saturated rings. The number of nitrogens with one attached hydrogen (secondary N) is 1. The van der Waals surface area contributed by atoms with Crippen LogP contribution >= 0.6 is 0 Å². The second kappa shape index (κ2) is 8.32. The summed E-state index contributed by atoms with van der Waals surface area (Å²) in [6.07, 6.45) is 3.20. The van der Waals surface area contributed by atoms with Crippen molar-refractivity contribution in [2.24, 2.45) is 11.8 Å². The molecule has 5 nitrogen and oxygen atoms in total. The smallest absolute Gasteiger partial charge is 0.281 e. The van der Waals surface area contributed by atoms with E-state index in [9.17, 15) is 8.42 Å². The highest BCUT2D eigenvalue weighted by molar-refractivity contribution is 7.86. The van der Waals surface area contributed by atoms with Gasteiger partial charge < -0.3 is 5.32 Å². The largest absolute Gasteiger partial charge is 0.316 e. The molecule has 0 aromatic rings. The second-order valence-electron chi connectivity index (χ2n) is 6.25. The van der Waals surface area contributed by atoms with Crippen molar-refractivity contribution in [2.75, 3.05) is 39.8 Å². The molecule has 1 heterocycles. The van der Waals surface area contributed by atoms with Crippen LogP contribution in [-0.4, -0.2) is 56.8 Å². The van der Waals surface area contributed by atoms with Crippen molar-refractivity contribution in [1.29, 1.82) is 0 Å². The maximum atomic E-state index is 12.5. The molecule has 0 spiro atoms. The summed E-state index contributed by atoms with van der Waals surface area (Å²) >= 11 is 0. The minimum Gasteiger partial charge on any atom is -0.316 e. The van der Waals surface area contributed by atoms with Crippen LogP contribution in [0.15, 0.2) is 0 Å². The van der Waals surface area contributed by atoms with Crippen molar-refractivity contribution in [3.05, 3.63) is 0 Å². The van der Waals surface area contributed by atoms with E-state index in [1.54, 1.807) is 11.4 Å². The normalized spacial score (nSPS) is 21.8. The fourth-order valence-corrected chi connectivity index (χ4v) is 4.33. The average Bonchev–Trinajstić information content (AvgIpc) is 2.38. The Morgan fingerprint density at radius 1 is 1.40 bits per heavy atom. The van der Waals surface area contributed by atoms with Crippen LogP contribution < -0.4 is 5.32 Å². The third kappa shape index (κ3) is 5.31. The molecule has 1 aliphatic heterocycles. The van der Waals surface area contributed by atoms with E-state index in [2.05, 4.69) is 12.2 Å². The summed E-state index contributed by atoms with van der Waals surface area (Å²) in [5.74, 6) is 0.791. The monoisotopic (exact) mass is 305 g/mol. The Hall–Kier alpha value is -0.170. The summed E-state index contributed by atoms with van der Waals surface area (Å²) in [5, 5.41) is 3.40. The van der Waals surface area contributed by atoms with E-state index >= 15 is 0 Å². The van der Waals surface area contributed by atoms with Gasteiger partial charge in [-0.15, -0.1) is 0 Å². The zero-order chi connectivity index (χ0) is 15.2. The molecule has 0 radical (unpaired) electrons. The number of hydrogen-bond donors (Lipinski definition) is 1. The molecule has 0 aliphatic carbocycles. The molecule has 0 amide bonds. The second-order valence-corrected chi connectivity index (χ2v) is 8.29. The molecule has 1 atom stereocenters. The number of piperidine rings is 1. The van der Waals surface area contributed by atoms with E-state index in [4.69, 9.17) is 0 Å². The minimum atomic E-state index is -3.28. The molecule has 1 saturated heterocycles. The Kier molecular flexibility index (Phi) is 7.43. The average molecular weight is 305 g/mol. The van der Waals surface area contributed by atoms with Gasteiger partial charge in [0, 0.05) is 26.7 Å². The van der Waals surface area contributed by atoms with Crippen LogP contribution in [0.2, 0.25) is 0 Å². The predicted molar refractivity (Wildman–Crippen MR) is 83.8 cm³/mol. The molecule has 0 bridgehead atoms. The molecular formula is C14H31N3O2S. The lowest BCUT2D eigenvalue weighted by molar-refractivity contribution is 0.244. The number of nitrogens with zero attached hydrogens (tertiary/aromatic N) is 2. The maximum absolute atomic E-state index is 12.5. The van der Waals surface area contributed by atoms with Crippen LogP contribution in [-0.2, 0) is 10.2 Å². The van der Waals surface area contributed by atoms with Gasteiger partial charge in [-0.05, 0) is 44.2 Å². The number of hydrogen-bond acceptors (Lipinski definition) is 3. The van der Waals surface area contributed by atoms with Gasteiger partial charge in [0.25, 0.3) is 10.2 Å². The SMILES string of the molecule is CCCNCC1CCCN(S(=O)(=O)N(C)CC(C)C)C1. The van der Waals surface area contributed by atoms with E-state index in [0.29, 0.717) is 31.5 Å². The zero-order valence-corrected chi connectivity index (χ0v) is 14.2. The lowest BCUT2D eigenvalue weighted by Crippen LogP contribution is -2.48. The maximum Gasteiger partial charge on any atom is 0.281 e. The molecule has 1 N–H and O–H groups in total. The highest BCUT2D eigenvalue weighted by Gasteiger charge is 2.31. The van der Waals surface area contributed by atoms with Crippen molar-refractivity contribution in [2.45, 2.75) is 40.0 Å². The lowest BCUT2D eigenvalue weighted by atomic mass is 10.00. The third-order valence-electron chi connectivity index (χ3n) is 3.68. The van der Waals surface area contributed by atoms with Gasteiger partial charge in [0.1, 0.15) is 0 Å². The molecule has 1 unspecified atom stereocenters. The zero-order valence-electron chi connectivity index (χ0n) is 13.4. The fourth-order valence-electron chi connectivity index (χ4n) is 2.69. The Morgan fingerprint density at radius 2 is 2.10 bits per heavy atom. The van der Waals surface area contributed by atoms with Crippen LogP contribution in [0.1, 0.15) is 40.0 Å². The van der Waals surface area contributed by atoms with Gasteiger partial charge in [-0.25, -0.2) is 0 Å². The lowest BCUT2D eigenvalue weighted by Gasteiger charge is -2.35. The Balaban J connectivity index is 2.56. The molecule has 0 aromatic heterocycles. The summed E-state index contributed by atoms with van der Waals surface area (Å²) in [6, 6.07) is 0. The molecule has 1 rings (SSSR count). The summed E-state index contributed by atoms with van der Waals surface area (Å²) in [7, 11) is -1.59. The van der Waals surface area contributed by atoms with Gasteiger partial charge in [-0.2, -0.15) is 17.0 Å². The Labute approximate surface area is 124 Å².